The van der Waals surface area contributed by atoms with Crippen LogP contribution in [0.3, 0.4) is 0 Å². The SMILES string of the molecule is N#Cc1c(OCc2ccccc2Cl)nn(Cc2cccc(F)c2)c1N. The van der Waals surface area contributed by atoms with Gasteiger partial charge in [0.25, 0.3) is 5.88 Å². The van der Waals surface area contributed by atoms with E-state index in [1.54, 1.807) is 18.2 Å². The van der Waals surface area contributed by atoms with Crippen LogP contribution in [0, 0.1) is 17.1 Å². The van der Waals surface area contributed by atoms with Gasteiger partial charge in [0.15, 0.2) is 5.56 Å². The van der Waals surface area contributed by atoms with E-state index in [2.05, 4.69) is 5.10 Å². The molecule has 2 N–H and O–H groups in total. The number of benzene rings is 2. The van der Waals surface area contributed by atoms with E-state index in [1.807, 2.05) is 24.3 Å². The number of ether oxygens (including phenoxy) is 1. The Labute approximate surface area is 149 Å². The molecule has 0 atom stereocenters. The minimum atomic E-state index is -0.348. The first-order valence-corrected chi connectivity index (χ1v) is 7.83. The van der Waals surface area contributed by atoms with Crippen LogP contribution < -0.4 is 10.5 Å². The largest absolute Gasteiger partial charge is 0.471 e. The third-order valence-electron chi connectivity index (χ3n) is 3.62. The Morgan fingerprint density at radius 3 is 2.76 bits per heavy atom. The van der Waals surface area contributed by atoms with Gasteiger partial charge in [-0.3, -0.25) is 0 Å². The number of rotatable bonds is 5. The number of nitrogens with zero attached hydrogens (tertiary/aromatic N) is 3. The molecule has 0 saturated carbocycles. The highest BCUT2D eigenvalue weighted by atomic mass is 35.5. The molecule has 0 aliphatic rings. The molecule has 5 nitrogen and oxygen atoms in total. The molecule has 0 spiro atoms. The van der Waals surface area contributed by atoms with Crippen LogP contribution in [-0.4, -0.2) is 9.78 Å². The lowest BCUT2D eigenvalue weighted by Crippen LogP contribution is -2.06. The lowest BCUT2D eigenvalue weighted by Gasteiger charge is -2.05. The maximum Gasteiger partial charge on any atom is 0.253 e. The zero-order chi connectivity index (χ0) is 17.8. The number of aromatic nitrogens is 2. The van der Waals surface area contributed by atoms with Crippen LogP contribution in [0.25, 0.3) is 0 Å². The molecule has 3 aromatic rings. The van der Waals surface area contributed by atoms with Crippen molar-refractivity contribution in [1.82, 2.24) is 9.78 Å². The minimum absolute atomic E-state index is 0.122. The Kier molecular flexibility index (Phi) is 4.87. The molecule has 1 heterocycles. The number of nitrogens with two attached hydrogens (primary N) is 1. The summed E-state index contributed by atoms with van der Waals surface area (Å²) in [7, 11) is 0. The fourth-order valence-corrected chi connectivity index (χ4v) is 2.54. The molecule has 1 aromatic heterocycles. The third-order valence-corrected chi connectivity index (χ3v) is 3.98. The molecule has 0 aliphatic carbocycles. The first-order valence-electron chi connectivity index (χ1n) is 7.45. The second-order valence-electron chi connectivity index (χ2n) is 5.34. The van der Waals surface area contributed by atoms with E-state index in [0.29, 0.717) is 10.6 Å². The second kappa shape index (κ2) is 7.24. The van der Waals surface area contributed by atoms with Crippen molar-refractivity contribution in [2.24, 2.45) is 0 Å². The molecule has 126 valence electrons. The van der Waals surface area contributed by atoms with Gasteiger partial charge in [0.2, 0.25) is 0 Å². The molecule has 0 amide bonds. The van der Waals surface area contributed by atoms with Gasteiger partial charge in [-0.25, -0.2) is 9.07 Å². The first kappa shape index (κ1) is 16.8. The smallest absolute Gasteiger partial charge is 0.253 e. The summed E-state index contributed by atoms with van der Waals surface area (Å²) in [4.78, 5) is 0. The van der Waals surface area contributed by atoms with Gasteiger partial charge in [-0.1, -0.05) is 41.9 Å². The standard InChI is InChI=1S/C18H14ClFN4O/c19-16-7-2-1-5-13(16)11-25-18-15(9-21)17(22)24(23-18)10-12-4-3-6-14(20)8-12/h1-8H,10-11,22H2. The molecule has 2 aromatic carbocycles. The van der Waals surface area contributed by atoms with Gasteiger partial charge in [-0.05, 0) is 23.8 Å². The Morgan fingerprint density at radius 1 is 1.24 bits per heavy atom. The molecule has 0 aliphatic heterocycles. The van der Waals surface area contributed by atoms with Crippen LogP contribution >= 0.6 is 11.6 Å². The molecule has 0 radical (unpaired) electrons. The van der Waals surface area contributed by atoms with E-state index in [0.717, 1.165) is 5.56 Å². The Hall–Kier alpha value is -3.04. The molecule has 0 fully saturated rings. The summed E-state index contributed by atoms with van der Waals surface area (Å²) >= 11 is 6.09. The lowest BCUT2D eigenvalue weighted by molar-refractivity contribution is 0.289. The minimum Gasteiger partial charge on any atom is -0.471 e. The van der Waals surface area contributed by atoms with E-state index in [1.165, 1.54) is 16.8 Å². The fraction of sp³-hybridized carbons (Fsp3) is 0.111. The van der Waals surface area contributed by atoms with E-state index < -0.39 is 0 Å². The molecule has 0 bridgehead atoms. The van der Waals surface area contributed by atoms with Crippen LogP contribution in [0.2, 0.25) is 5.02 Å². The average Bonchev–Trinajstić information content (AvgIpc) is 2.89. The summed E-state index contributed by atoms with van der Waals surface area (Å²) in [6.45, 7) is 0.387. The lowest BCUT2D eigenvalue weighted by atomic mass is 10.2. The molecule has 3 rings (SSSR count). The van der Waals surface area contributed by atoms with Gasteiger partial charge < -0.3 is 10.5 Å². The first-order chi connectivity index (χ1) is 12.1. The van der Waals surface area contributed by atoms with E-state index in [4.69, 9.17) is 22.1 Å². The summed E-state index contributed by atoms with van der Waals surface area (Å²) in [5.74, 6) is -0.0591. The van der Waals surface area contributed by atoms with Crippen molar-refractivity contribution in [2.75, 3.05) is 5.73 Å². The molecule has 0 unspecified atom stereocenters. The van der Waals surface area contributed by atoms with Crippen molar-refractivity contribution in [3.05, 3.63) is 76.1 Å². The van der Waals surface area contributed by atoms with Gasteiger partial charge >= 0.3 is 0 Å². The summed E-state index contributed by atoms with van der Waals surface area (Å²) in [5, 5.41) is 14.1. The summed E-state index contributed by atoms with van der Waals surface area (Å²) in [6, 6.07) is 15.3. The molecular weight excluding hydrogens is 343 g/mol. The van der Waals surface area contributed by atoms with Crippen LogP contribution in [-0.2, 0) is 13.2 Å². The van der Waals surface area contributed by atoms with Crippen molar-refractivity contribution in [1.29, 1.82) is 5.26 Å². The number of anilines is 1. The Morgan fingerprint density at radius 2 is 2.04 bits per heavy atom. The van der Waals surface area contributed by atoms with Gasteiger partial charge in [-0.2, -0.15) is 5.26 Å². The number of hydrogen-bond acceptors (Lipinski definition) is 4. The Bertz CT molecular complexity index is 948. The third kappa shape index (κ3) is 3.73. The van der Waals surface area contributed by atoms with E-state index >= 15 is 0 Å². The van der Waals surface area contributed by atoms with Crippen molar-refractivity contribution in [3.63, 3.8) is 0 Å². The van der Waals surface area contributed by atoms with E-state index in [9.17, 15) is 9.65 Å². The van der Waals surface area contributed by atoms with Crippen LogP contribution in [0.15, 0.2) is 48.5 Å². The number of halogens is 2. The predicted molar refractivity (Wildman–Crippen MR) is 92.6 cm³/mol. The molecular formula is C18H14ClFN4O. The van der Waals surface area contributed by atoms with E-state index in [-0.39, 0.29) is 36.2 Å². The highest BCUT2D eigenvalue weighted by molar-refractivity contribution is 6.31. The average molecular weight is 357 g/mol. The topological polar surface area (TPSA) is 76.9 Å². The molecule has 25 heavy (non-hydrogen) atoms. The second-order valence-corrected chi connectivity index (χ2v) is 5.75. The fourth-order valence-electron chi connectivity index (χ4n) is 2.35. The normalized spacial score (nSPS) is 10.4. The zero-order valence-corrected chi connectivity index (χ0v) is 13.9. The van der Waals surface area contributed by atoms with Crippen molar-refractivity contribution in [3.8, 4) is 11.9 Å². The summed E-state index contributed by atoms with van der Waals surface area (Å²) in [5.41, 5.74) is 7.57. The zero-order valence-electron chi connectivity index (χ0n) is 13.1. The highest BCUT2D eigenvalue weighted by Crippen LogP contribution is 2.25. The predicted octanol–water partition coefficient (Wildman–Crippen LogP) is 3.76. The van der Waals surface area contributed by atoms with Crippen molar-refractivity contribution >= 4 is 17.4 Å². The van der Waals surface area contributed by atoms with Gasteiger partial charge in [-0.15, -0.1) is 5.10 Å². The van der Waals surface area contributed by atoms with Gasteiger partial charge in [0, 0.05) is 10.6 Å². The Balaban J connectivity index is 1.83. The monoisotopic (exact) mass is 356 g/mol. The van der Waals surface area contributed by atoms with Crippen molar-refractivity contribution in [2.45, 2.75) is 13.2 Å². The quantitative estimate of drug-likeness (QED) is 0.755. The number of nitrogen functional groups attached to an aromatic ring is 1. The van der Waals surface area contributed by atoms with Crippen LogP contribution in [0.5, 0.6) is 5.88 Å². The molecule has 0 saturated heterocycles. The number of hydrogen-bond donors (Lipinski definition) is 1. The van der Waals surface area contributed by atoms with Crippen LogP contribution in [0.4, 0.5) is 10.2 Å². The van der Waals surface area contributed by atoms with Gasteiger partial charge in [0.05, 0.1) is 6.54 Å². The number of nitriles is 1. The highest BCUT2D eigenvalue weighted by Gasteiger charge is 2.17. The molecule has 7 heteroatoms. The summed E-state index contributed by atoms with van der Waals surface area (Å²) in [6.07, 6.45) is 0. The maximum atomic E-state index is 13.3. The maximum absolute atomic E-state index is 13.3. The summed E-state index contributed by atoms with van der Waals surface area (Å²) < 4.78 is 20.4. The van der Waals surface area contributed by atoms with Crippen molar-refractivity contribution < 1.29 is 9.13 Å². The van der Waals surface area contributed by atoms with Crippen LogP contribution in [0.1, 0.15) is 16.7 Å². The van der Waals surface area contributed by atoms with Gasteiger partial charge in [0.1, 0.15) is 24.3 Å².